The van der Waals surface area contributed by atoms with Crippen LogP contribution in [0.3, 0.4) is 0 Å². The van der Waals surface area contributed by atoms with Gasteiger partial charge in [-0.1, -0.05) is 12.1 Å². The van der Waals surface area contributed by atoms with Crippen molar-refractivity contribution in [2.45, 2.75) is 31.7 Å². The smallest absolute Gasteiger partial charge is 0.246 e. The van der Waals surface area contributed by atoms with Crippen molar-refractivity contribution < 1.29 is 23.0 Å². The number of rotatable bonds is 9. The average molecular weight is 535 g/mol. The van der Waals surface area contributed by atoms with Gasteiger partial charge in [-0.3, -0.25) is 4.79 Å². The molecule has 1 amide bonds. The van der Waals surface area contributed by atoms with Crippen molar-refractivity contribution >= 4 is 17.9 Å². The number of piperidine rings is 1. The van der Waals surface area contributed by atoms with Gasteiger partial charge in [0.15, 0.2) is 0 Å². The van der Waals surface area contributed by atoms with Crippen LogP contribution in [0.25, 0.3) is 11.1 Å². The van der Waals surface area contributed by atoms with Gasteiger partial charge in [-0.05, 0) is 65.9 Å². The van der Waals surface area contributed by atoms with E-state index in [1.807, 2.05) is 30.3 Å². The molecule has 3 aromatic rings. The van der Waals surface area contributed by atoms with Crippen LogP contribution in [-0.2, 0) is 9.53 Å². The molecule has 3 heterocycles. The maximum Gasteiger partial charge on any atom is 0.246 e. The summed E-state index contributed by atoms with van der Waals surface area (Å²) in [5, 5.41) is 5.66. The van der Waals surface area contributed by atoms with Gasteiger partial charge >= 0.3 is 0 Å². The zero-order valence-electron chi connectivity index (χ0n) is 21.9. The predicted molar refractivity (Wildman–Crippen MR) is 146 cm³/mol. The minimum absolute atomic E-state index is 0.109. The van der Waals surface area contributed by atoms with Crippen molar-refractivity contribution in [2.75, 3.05) is 38.3 Å². The second-order valence-corrected chi connectivity index (χ2v) is 9.82. The summed E-state index contributed by atoms with van der Waals surface area (Å²) in [6, 6.07) is 14.9. The number of anilines is 1. The number of carbonyl (C=O) groups is 1. The number of hydrazone groups is 1. The van der Waals surface area contributed by atoms with E-state index in [-0.39, 0.29) is 11.8 Å². The maximum absolute atomic E-state index is 13.8. The number of hydrogen-bond donors (Lipinski definition) is 0. The third-order valence-corrected chi connectivity index (χ3v) is 7.17. The van der Waals surface area contributed by atoms with Gasteiger partial charge in [0.05, 0.1) is 12.6 Å². The number of halogens is 2. The minimum atomic E-state index is -0.659. The van der Waals surface area contributed by atoms with Crippen LogP contribution < -0.4 is 9.64 Å². The van der Waals surface area contributed by atoms with E-state index in [1.54, 1.807) is 19.5 Å². The Balaban J connectivity index is 1.21. The van der Waals surface area contributed by atoms with E-state index >= 15 is 0 Å². The first kappa shape index (κ1) is 26.7. The predicted octanol–water partition coefficient (Wildman–Crippen LogP) is 5.62. The van der Waals surface area contributed by atoms with E-state index in [2.05, 4.69) is 21.1 Å². The number of nitrogens with zero attached hydrogens (tertiary/aromatic N) is 4. The minimum Gasteiger partial charge on any atom is -0.493 e. The Labute approximate surface area is 227 Å². The molecule has 204 valence electrons. The van der Waals surface area contributed by atoms with E-state index in [0.717, 1.165) is 35.2 Å². The van der Waals surface area contributed by atoms with Crippen molar-refractivity contribution in [3.8, 4) is 16.9 Å². The lowest BCUT2D eigenvalue weighted by atomic mass is 9.94. The molecule has 0 N–H and O–H groups in total. The summed E-state index contributed by atoms with van der Waals surface area (Å²) in [7, 11) is 1.68. The lowest BCUT2D eigenvalue weighted by Crippen LogP contribution is -2.41. The normalized spacial score (nSPS) is 17.6. The second-order valence-electron chi connectivity index (χ2n) is 9.82. The molecule has 9 heteroatoms. The Bertz CT molecular complexity index is 1310. The van der Waals surface area contributed by atoms with Gasteiger partial charge in [0.25, 0.3) is 0 Å². The number of hydrogen-bond acceptors (Lipinski definition) is 6. The summed E-state index contributed by atoms with van der Waals surface area (Å²) >= 11 is 0. The molecule has 2 aliphatic rings. The van der Waals surface area contributed by atoms with Gasteiger partial charge in [0, 0.05) is 64.0 Å². The Morgan fingerprint density at radius 1 is 1.00 bits per heavy atom. The summed E-state index contributed by atoms with van der Waals surface area (Å²) in [6.45, 7) is 2.60. The zero-order valence-corrected chi connectivity index (χ0v) is 21.9. The number of methoxy groups -OCH3 is 1. The van der Waals surface area contributed by atoms with Crippen molar-refractivity contribution in [3.63, 3.8) is 0 Å². The van der Waals surface area contributed by atoms with Crippen LogP contribution in [0.15, 0.2) is 65.9 Å². The maximum atomic E-state index is 13.8. The first-order chi connectivity index (χ1) is 19.0. The fourth-order valence-corrected chi connectivity index (χ4v) is 5.14. The van der Waals surface area contributed by atoms with E-state index in [4.69, 9.17) is 9.47 Å². The third-order valence-electron chi connectivity index (χ3n) is 7.17. The van der Waals surface area contributed by atoms with E-state index in [1.165, 1.54) is 17.1 Å². The lowest BCUT2D eigenvalue weighted by Gasteiger charge is -2.34. The zero-order chi connectivity index (χ0) is 27.2. The molecule has 1 unspecified atom stereocenters. The molecule has 1 fully saturated rings. The molecule has 0 spiro atoms. The monoisotopic (exact) mass is 534 g/mol. The Kier molecular flexibility index (Phi) is 8.46. The number of aromatic nitrogens is 1. The van der Waals surface area contributed by atoms with Crippen LogP contribution >= 0.6 is 0 Å². The average Bonchev–Trinajstić information content (AvgIpc) is 3.45. The molecule has 1 saturated heterocycles. The SMILES string of the molecule is COCCCOc1cccc(-c2ccnc(N3CCC(C(=O)N4N=CCC4c4cc(F)cc(F)c4)CC3)c2)c1. The van der Waals surface area contributed by atoms with Crippen molar-refractivity contribution in [3.05, 3.63) is 78.0 Å². The number of benzene rings is 2. The topological polar surface area (TPSA) is 67.3 Å². The molecule has 2 aliphatic heterocycles. The van der Waals surface area contributed by atoms with Gasteiger partial charge in [0.1, 0.15) is 23.2 Å². The van der Waals surface area contributed by atoms with Crippen molar-refractivity contribution in [1.82, 2.24) is 9.99 Å². The van der Waals surface area contributed by atoms with Gasteiger partial charge in [-0.15, -0.1) is 0 Å². The summed E-state index contributed by atoms with van der Waals surface area (Å²) in [5.74, 6) is 0.0271. The molecular formula is C30H32F2N4O3. The van der Waals surface area contributed by atoms with Gasteiger partial charge in [0.2, 0.25) is 5.91 Å². The molecule has 0 bridgehead atoms. The van der Waals surface area contributed by atoms with Crippen LogP contribution in [0.4, 0.5) is 14.6 Å². The summed E-state index contributed by atoms with van der Waals surface area (Å²) in [5.41, 5.74) is 2.50. The fraction of sp³-hybridized carbons (Fsp3) is 0.367. The van der Waals surface area contributed by atoms with Crippen molar-refractivity contribution in [1.29, 1.82) is 0 Å². The Morgan fingerprint density at radius 2 is 1.77 bits per heavy atom. The number of amides is 1. The number of ether oxygens (including phenoxy) is 2. The lowest BCUT2D eigenvalue weighted by molar-refractivity contribution is -0.138. The molecule has 0 aliphatic carbocycles. The van der Waals surface area contributed by atoms with Gasteiger partial charge in [-0.2, -0.15) is 5.10 Å². The van der Waals surface area contributed by atoms with Crippen LogP contribution in [0, 0.1) is 17.6 Å². The largest absolute Gasteiger partial charge is 0.493 e. The van der Waals surface area contributed by atoms with E-state index in [0.29, 0.717) is 51.1 Å². The Morgan fingerprint density at radius 3 is 2.54 bits per heavy atom. The van der Waals surface area contributed by atoms with Crippen LogP contribution in [-0.4, -0.2) is 55.5 Å². The Hall–Kier alpha value is -3.85. The molecule has 0 radical (unpaired) electrons. The summed E-state index contributed by atoms with van der Waals surface area (Å²) in [4.78, 5) is 20.1. The second kappa shape index (κ2) is 12.3. The quantitative estimate of drug-likeness (QED) is 0.334. The van der Waals surface area contributed by atoms with E-state index < -0.39 is 17.7 Å². The van der Waals surface area contributed by atoms with Crippen LogP contribution in [0.2, 0.25) is 0 Å². The highest BCUT2D eigenvalue weighted by Crippen LogP contribution is 2.34. The summed E-state index contributed by atoms with van der Waals surface area (Å²) in [6.07, 6.45) is 5.99. The first-order valence-electron chi connectivity index (χ1n) is 13.3. The van der Waals surface area contributed by atoms with Crippen LogP contribution in [0.1, 0.15) is 37.3 Å². The third kappa shape index (κ3) is 6.42. The van der Waals surface area contributed by atoms with Crippen LogP contribution in [0.5, 0.6) is 5.75 Å². The molecular weight excluding hydrogens is 502 g/mol. The first-order valence-corrected chi connectivity index (χ1v) is 13.3. The molecule has 0 saturated carbocycles. The molecule has 1 aromatic heterocycles. The van der Waals surface area contributed by atoms with E-state index in [9.17, 15) is 13.6 Å². The summed E-state index contributed by atoms with van der Waals surface area (Å²) < 4.78 is 38.5. The number of carbonyl (C=O) groups excluding carboxylic acids is 1. The molecule has 39 heavy (non-hydrogen) atoms. The fourth-order valence-electron chi connectivity index (χ4n) is 5.14. The molecule has 7 nitrogen and oxygen atoms in total. The highest BCUT2D eigenvalue weighted by molar-refractivity contribution is 5.82. The number of pyridine rings is 1. The van der Waals surface area contributed by atoms with Gasteiger partial charge < -0.3 is 14.4 Å². The highest BCUT2D eigenvalue weighted by atomic mass is 19.1. The molecule has 5 rings (SSSR count). The molecule has 1 atom stereocenters. The van der Waals surface area contributed by atoms with Crippen molar-refractivity contribution in [2.24, 2.45) is 11.0 Å². The molecule has 2 aromatic carbocycles. The highest BCUT2D eigenvalue weighted by Gasteiger charge is 2.35. The van der Waals surface area contributed by atoms with Gasteiger partial charge in [-0.25, -0.2) is 18.8 Å². The standard InChI is InChI=1S/C30H32F2N4O3/c1-38-14-3-15-39-27-5-2-4-22(18-27)23-6-10-33-29(19-23)35-12-8-21(9-13-35)30(37)36-28(7-11-34-36)24-16-25(31)20-26(32)17-24/h2,4-6,10-11,16-21,28H,3,7-9,12-15H2,1H3.